The lowest BCUT2D eigenvalue weighted by Crippen LogP contribution is -2.34. The summed E-state index contributed by atoms with van der Waals surface area (Å²) in [5.41, 5.74) is 0.351. The number of nitrogens with zero attached hydrogens (tertiary/aromatic N) is 1. The fourth-order valence-electron chi connectivity index (χ4n) is 1.74. The average Bonchev–Trinajstić information content (AvgIpc) is 2.40. The van der Waals surface area contributed by atoms with Gasteiger partial charge in [-0.1, -0.05) is 22.0 Å². The first-order valence-corrected chi connectivity index (χ1v) is 8.24. The van der Waals surface area contributed by atoms with Crippen LogP contribution < -0.4 is 0 Å². The quantitative estimate of drug-likeness (QED) is 0.704. The zero-order valence-corrected chi connectivity index (χ0v) is 13.8. The van der Waals surface area contributed by atoms with E-state index in [1.807, 2.05) is 0 Å². The molecule has 0 spiro atoms. The molecule has 0 saturated carbocycles. The first-order chi connectivity index (χ1) is 9.75. The van der Waals surface area contributed by atoms with Crippen molar-refractivity contribution in [1.29, 1.82) is 0 Å². The lowest BCUT2D eigenvalue weighted by Gasteiger charge is -2.20. The molecule has 8 heteroatoms. The summed E-state index contributed by atoms with van der Waals surface area (Å²) in [6, 6.07) is 2.47. The highest BCUT2D eigenvalue weighted by Gasteiger charge is 2.25. The predicted molar refractivity (Wildman–Crippen MR) is 81.9 cm³/mol. The summed E-state index contributed by atoms with van der Waals surface area (Å²) in [4.78, 5) is 11.0. The lowest BCUT2D eigenvalue weighted by atomic mass is 10.1. The standard InChI is InChI=1S/C13H16BrNO5S/c1-3-4-15(5-6-16)21(19,20)10-7-11(13(17)18)9(2)12(14)8-10/h3,7-8,16H,1,4-6H2,2H3,(H,17,18). The summed E-state index contributed by atoms with van der Waals surface area (Å²) in [6.45, 7) is 4.65. The van der Waals surface area contributed by atoms with E-state index in [4.69, 9.17) is 10.2 Å². The van der Waals surface area contributed by atoms with Crippen LogP contribution in [0.2, 0.25) is 0 Å². The van der Waals surface area contributed by atoms with Gasteiger partial charge in [-0.05, 0) is 24.6 Å². The molecule has 0 aliphatic heterocycles. The average molecular weight is 378 g/mol. The van der Waals surface area contributed by atoms with Crippen LogP contribution in [-0.2, 0) is 10.0 Å². The topological polar surface area (TPSA) is 94.9 Å². The van der Waals surface area contributed by atoms with Gasteiger partial charge in [-0.2, -0.15) is 4.31 Å². The van der Waals surface area contributed by atoms with Gasteiger partial charge in [0.05, 0.1) is 17.1 Å². The van der Waals surface area contributed by atoms with Crippen LogP contribution in [0.4, 0.5) is 0 Å². The molecule has 0 aliphatic carbocycles. The Bertz CT molecular complexity index is 657. The van der Waals surface area contributed by atoms with Gasteiger partial charge in [0.2, 0.25) is 10.0 Å². The van der Waals surface area contributed by atoms with E-state index in [1.54, 1.807) is 6.92 Å². The van der Waals surface area contributed by atoms with Crippen molar-refractivity contribution in [2.75, 3.05) is 19.7 Å². The SMILES string of the molecule is C=CCN(CCO)S(=O)(=O)c1cc(Br)c(C)c(C(=O)O)c1. The predicted octanol–water partition coefficient (Wildman–Crippen LogP) is 1.62. The van der Waals surface area contributed by atoms with Crippen molar-refractivity contribution in [3.63, 3.8) is 0 Å². The van der Waals surface area contributed by atoms with Crippen molar-refractivity contribution >= 4 is 31.9 Å². The molecule has 6 nitrogen and oxygen atoms in total. The van der Waals surface area contributed by atoms with Gasteiger partial charge < -0.3 is 10.2 Å². The largest absolute Gasteiger partial charge is 0.478 e. The van der Waals surface area contributed by atoms with E-state index in [2.05, 4.69) is 22.5 Å². The minimum absolute atomic E-state index is 0.0246. The number of hydrogen-bond acceptors (Lipinski definition) is 4. The molecular weight excluding hydrogens is 362 g/mol. The fraction of sp³-hybridized carbons (Fsp3) is 0.308. The number of aliphatic hydroxyl groups excluding tert-OH is 1. The van der Waals surface area contributed by atoms with Crippen molar-refractivity contribution in [2.45, 2.75) is 11.8 Å². The van der Waals surface area contributed by atoms with Crippen molar-refractivity contribution in [1.82, 2.24) is 4.31 Å². The second-order valence-electron chi connectivity index (χ2n) is 4.26. The molecule has 2 N–H and O–H groups in total. The Labute approximate surface area is 131 Å². The molecule has 0 heterocycles. The second kappa shape index (κ2) is 7.17. The van der Waals surface area contributed by atoms with Gasteiger partial charge in [0.1, 0.15) is 0 Å². The van der Waals surface area contributed by atoms with E-state index in [1.165, 1.54) is 12.1 Å². The summed E-state index contributed by atoms with van der Waals surface area (Å²) >= 11 is 3.17. The Balaban J connectivity index is 3.43. The first kappa shape index (κ1) is 17.8. The van der Waals surface area contributed by atoms with Crippen LogP contribution in [-0.4, -0.2) is 48.6 Å². The summed E-state index contributed by atoms with van der Waals surface area (Å²) in [5, 5.41) is 18.1. The minimum atomic E-state index is -3.91. The molecule has 0 aliphatic rings. The van der Waals surface area contributed by atoms with E-state index in [0.29, 0.717) is 10.0 Å². The summed E-state index contributed by atoms with van der Waals surface area (Å²) < 4.78 is 26.4. The number of benzene rings is 1. The number of hydrogen-bond donors (Lipinski definition) is 2. The van der Waals surface area contributed by atoms with Gasteiger partial charge in [-0.15, -0.1) is 6.58 Å². The van der Waals surface area contributed by atoms with Crippen LogP contribution in [0.1, 0.15) is 15.9 Å². The molecule has 21 heavy (non-hydrogen) atoms. The summed E-state index contributed by atoms with van der Waals surface area (Å²) in [6.07, 6.45) is 1.40. The van der Waals surface area contributed by atoms with E-state index in [9.17, 15) is 13.2 Å². The third-order valence-electron chi connectivity index (χ3n) is 2.87. The number of sulfonamides is 1. The van der Waals surface area contributed by atoms with Gasteiger partial charge in [0.25, 0.3) is 0 Å². The van der Waals surface area contributed by atoms with Crippen LogP contribution in [0.5, 0.6) is 0 Å². The van der Waals surface area contributed by atoms with Crippen LogP contribution in [0.3, 0.4) is 0 Å². The van der Waals surface area contributed by atoms with E-state index < -0.39 is 16.0 Å². The highest BCUT2D eigenvalue weighted by atomic mass is 79.9. The maximum absolute atomic E-state index is 12.5. The van der Waals surface area contributed by atoms with E-state index >= 15 is 0 Å². The third-order valence-corrected chi connectivity index (χ3v) is 5.53. The number of halogens is 1. The second-order valence-corrected chi connectivity index (χ2v) is 7.05. The molecule has 0 unspecified atom stereocenters. The molecule has 1 aromatic rings. The van der Waals surface area contributed by atoms with Crippen molar-refractivity contribution in [3.8, 4) is 0 Å². The van der Waals surface area contributed by atoms with E-state index in [0.717, 1.165) is 10.4 Å². The molecule has 0 bridgehead atoms. The Morgan fingerprint density at radius 2 is 2.10 bits per heavy atom. The highest BCUT2D eigenvalue weighted by Crippen LogP contribution is 2.26. The number of aromatic carboxylic acids is 1. The van der Waals surface area contributed by atoms with Gasteiger partial charge in [-0.25, -0.2) is 13.2 Å². The number of rotatable bonds is 7. The van der Waals surface area contributed by atoms with Gasteiger partial charge >= 0.3 is 5.97 Å². The lowest BCUT2D eigenvalue weighted by molar-refractivity contribution is 0.0695. The zero-order chi connectivity index (χ0) is 16.2. The molecule has 1 aromatic carbocycles. The Morgan fingerprint density at radius 1 is 1.48 bits per heavy atom. The highest BCUT2D eigenvalue weighted by molar-refractivity contribution is 9.10. The van der Waals surface area contributed by atoms with Crippen molar-refractivity contribution in [2.24, 2.45) is 0 Å². The molecule has 0 aromatic heterocycles. The smallest absolute Gasteiger partial charge is 0.336 e. The number of carboxylic acids is 1. The van der Waals surface area contributed by atoms with Crippen LogP contribution in [0.25, 0.3) is 0 Å². The molecule has 0 atom stereocenters. The number of aliphatic hydroxyl groups is 1. The molecule has 0 saturated heterocycles. The summed E-state index contributed by atoms with van der Waals surface area (Å²) in [7, 11) is -3.91. The molecule has 0 fully saturated rings. The molecule has 1 rings (SSSR count). The van der Waals surface area contributed by atoms with E-state index in [-0.39, 0.29) is 30.2 Å². The zero-order valence-electron chi connectivity index (χ0n) is 11.4. The Morgan fingerprint density at radius 3 is 2.57 bits per heavy atom. The molecular formula is C13H16BrNO5S. The Kier molecular flexibility index (Phi) is 6.09. The Hall–Kier alpha value is -1.22. The van der Waals surface area contributed by atoms with Crippen LogP contribution in [0.15, 0.2) is 34.2 Å². The maximum atomic E-state index is 12.5. The summed E-state index contributed by atoms with van der Waals surface area (Å²) in [5.74, 6) is -1.21. The minimum Gasteiger partial charge on any atom is -0.478 e. The van der Waals surface area contributed by atoms with Crippen LogP contribution >= 0.6 is 15.9 Å². The number of carbonyl (C=O) groups is 1. The fourth-order valence-corrected chi connectivity index (χ4v) is 3.81. The van der Waals surface area contributed by atoms with Gasteiger partial charge in [0.15, 0.2) is 0 Å². The van der Waals surface area contributed by atoms with Crippen molar-refractivity contribution < 1.29 is 23.4 Å². The maximum Gasteiger partial charge on any atom is 0.336 e. The first-order valence-electron chi connectivity index (χ1n) is 6.01. The van der Waals surface area contributed by atoms with Gasteiger partial charge in [0, 0.05) is 17.6 Å². The molecule has 0 amide bonds. The monoisotopic (exact) mass is 377 g/mol. The normalized spacial score (nSPS) is 11.6. The molecule has 116 valence electrons. The number of carboxylic acid groups (broad SMARTS) is 1. The third kappa shape index (κ3) is 3.91. The van der Waals surface area contributed by atoms with Crippen molar-refractivity contribution in [3.05, 3.63) is 40.4 Å². The molecule has 0 radical (unpaired) electrons. The van der Waals surface area contributed by atoms with Crippen LogP contribution in [0, 0.1) is 6.92 Å². The van der Waals surface area contributed by atoms with Gasteiger partial charge in [-0.3, -0.25) is 0 Å².